The Balaban J connectivity index is 2.13. The summed E-state index contributed by atoms with van der Waals surface area (Å²) in [5, 5.41) is 3.34. The molecule has 0 saturated carbocycles. The van der Waals surface area contributed by atoms with Gasteiger partial charge in [-0.3, -0.25) is 0 Å². The van der Waals surface area contributed by atoms with E-state index in [1.54, 1.807) is 0 Å². The number of halogens is 1. The molecule has 0 amide bonds. The summed E-state index contributed by atoms with van der Waals surface area (Å²) in [4.78, 5) is 2.51. The van der Waals surface area contributed by atoms with E-state index in [4.69, 9.17) is 0 Å². The fraction of sp³-hybridized carbons (Fsp3) is 0.600. The van der Waals surface area contributed by atoms with Crippen LogP contribution in [0.4, 0.5) is 5.69 Å². The maximum Gasteiger partial charge on any atom is 0.0377 e. The molecule has 1 saturated heterocycles. The molecule has 3 heteroatoms. The van der Waals surface area contributed by atoms with Crippen molar-refractivity contribution in [1.82, 2.24) is 5.32 Å². The second kappa shape index (κ2) is 5.62. The fourth-order valence-corrected chi connectivity index (χ4v) is 3.11. The lowest BCUT2D eigenvalue weighted by atomic mass is 9.73. The van der Waals surface area contributed by atoms with Crippen LogP contribution in [-0.4, -0.2) is 26.7 Å². The Bertz CT molecular complexity index is 403. The molecule has 1 atom stereocenters. The third kappa shape index (κ3) is 3.07. The lowest BCUT2D eigenvalue weighted by molar-refractivity contribution is 0.169. The molecule has 1 aliphatic heterocycles. The second-order valence-electron chi connectivity index (χ2n) is 5.92. The van der Waals surface area contributed by atoms with Crippen molar-refractivity contribution in [3.8, 4) is 0 Å². The van der Waals surface area contributed by atoms with E-state index in [9.17, 15) is 0 Å². The van der Waals surface area contributed by atoms with Crippen LogP contribution < -0.4 is 10.2 Å². The summed E-state index contributed by atoms with van der Waals surface area (Å²) < 4.78 is 1.16. The molecule has 0 radical (unpaired) electrons. The molecule has 1 N–H and O–H groups in total. The summed E-state index contributed by atoms with van der Waals surface area (Å²) in [7, 11) is 2.05. The Hall–Kier alpha value is -0.540. The SMILES string of the molecule is CNCC1CN(c2cccc(Br)c2)CCC1(C)C. The molecule has 1 aliphatic rings. The molecule has 2 rings (SSSR count). The second-order valence-corrected chi connectivity index (χ2v) is 6.83. The minimum absolute atomic E-state index is 0.436. The molecule has 18 heavy (non-hydrogen) atoms. The van der Waals surface area contributed by atoms with Gasteiger partial charge in [0.15, 0.2) is 0 Å². The monoisotopic (exact) mass is 310 g/mol. The summed E-state index contributed by atoms with van der Waals surface area (Å²) in [5.74, 6) is 0.704. The molecule has 1 aromatic carbocycles. The van der Waals surface area contributed by atoms with Gasteiger partial charge in [0, 0.05) is 23.2 Å². The van der Waals surface area contributed by atoms with E-state index >= 15 is 0 Å². The van der Waals surface area contributed by atoms with Crippen molar-refractivity contribution in [2.45, 2.75) is 20.3 Å². The van der Waals surface area contributed by atoms with Gasteiger partial charge in [-0.05, 0) is 49.5 Å². The average Bonchev–Trinajstić information content (AvgIpc) is 2.32. The van der Waals surface area contributed by atoms with Crippen LogP contribution in [-0.2, 0) is 0 Å². The van der Waals surface area contributed by atoms with Crippen molar-refractivity contribution in [3.63, 3.8) is 0 Å². The van der Waals surface area contributed by atoms with Crippen LogP contribution in [0.3, 0.4) is 0 Å². The Morgan fingerprint density at radius 3 is 2.89 bits per heavy atom. The highest BCUT2D eigenvalue weighted by atomic mass is 79.9. The van der Waals surface area contributed by atoms with Gasteiger partial charge in [-0.15, -0.1) is 0 Å². The quantitative estimate of drug-likeness (QED) is 0.919. The smallest absolute Gasteiger partial charge is 0.0377 e. The zero-order chi connectivity index (χ0) is 13.2. The third-order valence-corrected chi connectivity index (χ3v) is 4.69. The van der Waals surface area contributed by atoms with E-state index in [-0.39, 0.29) is 0 Å². The molecule has 0 spiro atoms. The van der Waals surface area contributed by atoms with E-state index < -0.39 is 0 Å². The van der Waals surface area contributed by atoms with E-state index in [1.165, 1.54) is 12.1 Å². The molecule has 0 aromatic heterocycles. The average molecular weight is 311 g/mol. The molecular formula is C15H23BrN2. The normalized spacial score (nSPS) is 23.1. The topological polar surface area (TPSA) is 15.3 Å². The molecule has 1 aromatic rings. The van der Waals surface area contributed by atoms with Crippen molar-refractivity contribution < 1.29 is 0 Å². The number of nitrogens with zero attached hydrogens (tertiary/aromatic N) is 1. The maximum atomic E-state index is 3.56. The summed E-state index contributed by atoms with van der Waals surface area (Å²) in [6.07, 6.45) is 1.26. The van der Waals surface area contributed by atoms with Crippen LogP contribution in [0.15, 0.2) is 28.7 Å². The lowest BCUT2D eigenvalue weighted by Crippen LogP contribution is -2.48. The van der Waals surface area contributed by atoms with Crippen molar-refractivity contribution in [2.75, 3.05) is 31.6 Å². The van der Waals surface area contributed by atoms with Crippen molar-refractivity contribution in [3.05, 3.63) is 28.7 Å². The minimum Gasteiger partial charge on any atom is -0.371 e. The van der Waals surface area contributed by atoms with Crippen molar-refractivity contribution in [1.29, 1.82) is 0 Å². The van der Waals surface area contributed by atoms with E-state index in [2.05, 4.69) is 64.3 Å². The highest BCUT2D eigenvalue weighted by Crippen LogP contribution is 2.37. The first-order valence-electron chi connectivity index (χ1n) is 6.68. The number of anilines is 1. The van der Waals surface area contributed by atoms with Crippen LogP contribution >= 0.6 is 15.9 Å². The van der Waals surface area contributed by atoms with Crippen LogP contribution in [0.25, 0.3) is 0 Å². The van der Waals surface area contributed by atoms with E-state index in [0.29, 0.717) is 11.3 Å². The van der Waals surface area contributed by atoms with E-state index in [1.807, 2.05) is 7.05 Å². The molecule has 1 fully saturated rings. The first-order valence-corrected chi connectivity index (χ1v) is 7.47. The van der Waals surface area contributed by atoms with Gasteiger partial charge in [-0.2, -0.15) is 0 Å². The summed E-state index contributed by atoms with van der Waals surface area (Å²) >= 11 is 3.56. The minimum atomic E-state index is 0.436. The van der Waals surface area contributed by atoms with Gasteiger partial charge in [-0.1, -0.05) is 35.8 Å². The first kappa shape index (κ1) is 13.9. The summed E-state index contributed by atoms with van der Waals surface area (Å²) in [6, 6.07) is 8.63. The van der Waals surface area contributed by atoms with Gasteiger partial charge < -0.3 is 10.2 Å². The van der Waals surface area contributed by atoms with Crippen LogP contribution in [0.2, 0.25) is 0 Å². The molecule has 0 aliphatic carbocycles. The standard InChI is InChI=1S/C15H23BrN2/c1-15(2)7-8-18(11-12(15)10-17-3)14-6-4-5-13(16)9-14/h4-6,9,12,17H,7-8,10-11H2,1-3H3. The molecule has 0 bridgehead atoms. The first-order chi connectivity index (χ1) is 8.53. The van der Waals surface area contributed by atoms with Gasteiger partial charge in [0.2, 0.25) is 0 Å². The molecule has 1 unspecified atom stereocenters. The molecule has 100 valence electrons. The fourth-order valence-electron chi connectivity index (χ4n) is 2.73. The van der Waals surface area contributed by atoms with Gasteiger partial charge in [0.25, 0.3) is 0 Å². The predicted octanol–water partition coefficient (Wildman–Crippen LogP) is 3.52. The van der Waals surface area contributed by atoms with Gasteiger partial charge in [-0.25, -0.2) is 0 Å². The zero-order valence-corrected chi connectivity index (χ0v) is 13.1. The number of nitrogens with one attached hydrogen (secondary N) is 1. The maximum absolute atomic E-state index is 3.56. The number of hydrogen-bond donors (Lipinski definition) is 1. The van der Waals surface area contributed by atoms with E-state index in [0.717, 1.165) is 24.1 Å². The van der Waals surface area contributed by atoms with Crippen molar-refractivity contribution >= 4 is 21.6 Å². The number of hydrogen-bond acceptors (Lipinski definition) is 2. The lowest BCUT2D eigenvalue weighted by Gasteiger charge is -2.45. The Morgan fingerprint density at radius 2 is 2.22 bits per heavy atom. The Labute approximate surface area is 119 Å². The molecule has 2 nitrogen and oxygen atoms in total. The Kier molecular flexibility index (Phi) is 4.33. The Morgan fingerprint density at radius 1 is 1.44 bits per heavy atom. The zero-order valence-electron chi connectivity index (χ0n) is 11.5. The predicted molar refractivity (Wildman–Crippen MR) is 82.2 cm³/mol. The third-order valence-electron chi connectivity index (χ3n) is 4.20. The van der Waals surface area contributed by atoms with Crippen LogP contribution in [0.5, 0.6) is 0 Å². The summed E-state index contributed by atoms with van der Waals surface area (Å²) in [5.41, 5.74) is 1.77. The molecular weight excluding hydrogens is 288 g/mol. The number of rotatable bonds is 3. The largest absolute Gasteiger partial charge is 0.371 e. The highest BCUT2D eigenvalue weighted by Gasteiger charge is 2.34. The van der Waals surface area contributed by atoms with Crippen molar-refractivity contribution in [2.24, 2.45) is 11.3 Å². The van der Waals surface area contributed by atoms with Gasteiger partial charge >= 0.3 is 0 Å². The van der Waals surface area contributed by atoms with Crippen LogP contribution in [0, 0.1) is 11.3 Å². The highest BCUT2D eigenvalue weighted by molar-refractivity contribution is 9.10. The number of benzene rings is 1. The number of piperidine rings is 1. The molecule has 1 heterocycles. The summed E-state index contributed by atoms with van der Waals surface area (Å²) in [6.45, 7) is 8.19. The van der Waals surface area contributed by atoms with Crippen LogP contribution in [0.1, 0.15) is 20.3 Å². The van der Waals surface area contributed by atoms with Gasteiger partial charge in [0.1, 0.15) is 0 Å². The van der Waals surface area contributed by atoms with Gasteiger partial charge in [0.05, 0.1) is 0 Å².